The largest absolute Gasteiger partial charge is 0.494 e. The molecule has 0 spiro atoms. The predicted octanol–water partition coefficient (Wildman–Crippen LogP) is 4.30. The van der Waals surface area contributed by atoms with Crippen LogP contribution in [0.1, 0.15) is 31.9 Å². The molecule has 31 heavy (non-hydrogen) atoms. The van der Waals surface area contributed by atoms with Crippen molar-refractivity contribution in [1.82, 2.24) is 9.55 Å². The van der Waals surface area contributed by atoms with Crippen LogP contribution in [0.4, 0.5) is 5.95 Å². The number of allylic oxidation sites excluding steroid dienone is 1. The molecule has 7 heteroatoms. The second-order valence-corrected chi connectivity index (χ2v) is 7.41. The van der Waals surface area contributed by atoms with E-state index < -0.39 is 0 Å². The number of carbonyl (C=O) groups is 1. The van der Waals surface area contributed by atoms with Gasteiger partial charge in [0.15, 0.2) is 0 Å². The van der Waals surface area contributed by atoms with Gasteiger partial charge >= 0.3 is 5.97 Å². The first-order valence-corrected chi connectivity index (χ1v) is 10.5. The van der Waals surface area contributed by atoms with Crippen LogP contribution in [-0.2, 0) is 14.3 Å². The number of benzene rings is 2. The molecule has 0 unspecified atom stereocenters. The zero-order valence-electron chi connectivity index (χ0n) is 18.1. The molecule has 1 aliphatic heterocycles. The Morgan fingerprint density at radius 2 is 1.87 bits per heavy atom. The van der Waals surface area contributed by atoms with Crippen molar-refractivity contribution in [2.45, 2.75) is 26.3 Å². The fourth-order valence-corrected chi connectivity index (χ4v) is 3.81. The third kappa shape index (κ3) is 4.14. The Balaban J connectivity index is 1.79. The average molecular weight is 421 g/mol. The molecular weight excluding hydrogens is 394 g/mol. The van der Waals surface area contributed by atoms with Gasteiger partial charge in [-0.15, -0.1) is 0 Å². The molecule has 2 heterocycles. The summed E-state index contributed by atoms with van der Waals surface area (Å²) >= 11 is 0. The van der Waals surface area contributed by atoms with Crippen molar-refractivity contribution in [1.29, 1.82) is 0 Å². The van der Waals surface area contributed by atoms with Gasteiger partial charge in [0.2, 0.25) is 5.95 Å². The Morgan fingerprint density at radius 3 is 2.61 bits per heavy atom. The summed E-state index contributed by atoms with van der Waals surface area (Å²) in [7, 11) is 1.58. The van der Waals surface area contributed by atoms with E-state index in [1.54, 1.807) is 7.11 Å². The molecule has 0 saturated heterocycles. The molecule has 7 nitrogen and oxygen atoms in total. The van der Waals surface area contributed by atoms with Gasteiger partial charge in [0.1, 0.15) is 12.4 Å². The molecule has 0 amide bonds. The van der Waals surface area contributed by atoms with E-state index in [4.69, 9.17) is 19.2 Å². The Labute approximate surface area is 181 Å². The van der Waals surface area contributed by atoms with E-state index in [0.29, 0.717) is 24.7 Å². The third-order valence-corrected chi connectivity index (χ3v) is 5.24. The third-order valence-electron chi connectivity index (χ3n) is 5.24. The highest BCUT2D eigenvalue weighted by Crippen LogP contribution is 2.39. The van der Waals surface area contributed by atoms with E-state index in [9.17, 15) is 4.79 Å². The standard InChI is InChI=1S/C24H27N3O4/c1-4-13-30-18-11-9-17(10-12-18)22-21(23(28)31-15-14-29-3)16(2)25-24-26-19-7-5-6-8-20(19)27(22)24/h5-12,22H,4,13-15H2,1-3H3,(H,25,26)/t22-/m1/s1. The minimum absolute atomic E-state index is 0.195. The molecule has 1 aliphatic rings. The second kappa shape index (κ2) is 9.22. The van der Waals surface area contributed by atoms with E-state index in [2.05, 4.69) is 16.8 Å². The number of hydrogen-bond donors (Lipinski definition) is 1. The van der Waals surface area contributed by atoms with Gasteiger partial charge in [-0.25, -0.2) is 9.78 Å². The van der Waals surface area contributed by atoms with Crippen LogP contribution >= 0.6 is 0 Å². The molecule has 1 aromatic heterocycles. The minimum atomic E-state index is -0.376. The molecule has 0 bridgehead atoms. The topological polar surface area (TPSA) is 74.6 Å². The van der Waals surface area contributed by atoms with Crippen molar-refractivity contribution < 1.29 is 19.0 Å². The number of carbonyl (C=O) groups excluding carboxylic acids is 1. The monoisotopic (exact) mass is 421 g/mol. The van der Waals surface area contributed by atoms with Crippen LogP contribution in [0.3, 0.4) is 0 Å². The lowest BCUT2D eigenvalue weighted by molar-refractivity contribution is -0.140. The summed E-state index contributed by atoms with van der Waals surface area (Å²) in [6.07, 6.45) is 0.944. The summed E-state index contributed by atoms with van der Waals surface area (Å²) in [5.74, 6) is 1.13. The Kier molecular flexibility index (Phi) is 6.23. The van der Waals surface area contributed by atoms with Gasteiger partial charge < -0.3 is 19.5 Å². The van der Waals surface area contributed by atoms with Gasteiger partial charge in [0, 0.05) is 12.8 Å². The number of para-hydroxylation sites is 2. The molecule has 0 radical (unpaired) electrons. The van der Waals surface area contributed by atoms with Crippen molar-refractivity contribution in [2.75, 3.05) is 32.2 Å². The number of esters is 1. The van der Waals surface area contributed by atoms with Crippen LogP contribution in [0.25, 0.3) is 11.0 Å². The maximum Gasteiger partial charge on any atom is 0.338 e. The lowest BCUT2D eigenvalue weighted by Gasteiger charge is -2.30. The first-order valence-electron chi connectivity index (χ1n) is 10.5. The Hall–Kier alpha value is -3.32. The highest BCUT2D eigenvalue weighted by atomic mass is 16.6. The zero-order chi connectivity index (χ0) is 21.8. The summed E-state index contributed by atoms with van der Waals surface area (Å²) in [5, 5.41) is 3.28. The SMILES string of the molecule is CCCOc1ccc([C@@H]2C(C(=O)OCCOC)=C(C)Nc3nc4ccccc4n32)cc1. The van der Waals surface area contributed by atoms with Crippen molar-refractivity contribution in [3.63, 3.8) is 0 Å². The van der Waals surface area contributed by atoms with Crippen LogP contribution in [-0.4, -0.2) is 42.5 Å². The molecule has 1 N–H and O–H groups in total. The highest BCUT2D eigenvalue weighted by Gasteiger charge is 2.34. The molecular formula is C24H27N3O4. The maximum atomic E-state index is 13.1. The van der Waals surface area contributed by atoms with E-state index in [1.807, 2.05) is 55.5 Å². The average Bonchev–Trinajstić information content (AvgIpc) is 3.15. The van der Waals surface area contributed by atoms with Crippen molar-refractivity contribution in [3.05, 3.63) is 65.4 Å². The molecule has 0 aliphatic carbocycles. The summed E-state index contributed by atoms with van der Waals surface area (Å²) in [6.45, 7) is 5.16. The van der Waals surface area contributed by atoms with E-state index >= 15 is 0 Å². The molecule has 162 valence electrons. The summed E-state index contributed by atoms with van der Waals surface area (Å²) in [5.41, 5.74) is 4.03. The van der Waals surface area contributed by atoms with Gasteiger partial charge in [-0.3, -0.25) is 4.57 Å². The molecule has 4 rings (SSSR count). The van der Waals surface area contributed by atoms with Gasteiger partial charge in [-0.1, -0.05) is 31.2 Å². The van der Waals surface area contributed by atoms with Crippen LogP contribution in [0.15, 0.2) is 59.8 Å². The number of nitrogens with zero attached hydrogens (tertiary/aromatic N) is 2. The second-order valence-electron chi connectivity index (χ2n) is 7.41. The molecule has 3 aromatic rings. The fraction of sp³-hybridized carbons (Fsp3) is 0.333. The lowest BCUT2D eigenvalue weighted by atomic mass is 9.95. The summed E-state index contributed by atoms with van der Waals surface area (Å²) < 4.78 is 18.3. The van der Waals surface area contributed by atoms with Crippen LogP contribution < -0.4 is 10.1 Å². The number of methoxy groups -OCH3 is 1. The maximum absolute atomic E-state index is 13.1. The normalized spacial score (nSPS) is 15.5. The number of aromatic nitrogens is 2. The summed E-state index contributed by atoms with van der Waals surface area (Å²) in [6, 6.07) is 15.4. The Morgan fingerprint density at radius 1 is 1.10 bits per heavy atom. The molecule has 2 aromatic carbocycles. The van der Waals surface area contributed by atoms with Gasteiger partial charge in [-0.05, 0) is 43.2 Å². The number of hydrogen-bond acceptors (Lipinski definition) is 6. The zero-order valence-corrected chi connectivity index (χ0v) is 18.1. The summed E-state index contributed by atoms with van der Waals surface area (Å²) in [4.78, 5) is 17.8. The quantitative estimate of drug-likeness (QED) is 0.432. The number of rotatable bonds is 8. The van der Waals surface area contributed by atoms with Crippen molar-refractivity contribution >= 4 is 23.0 Å². The van der Waals surface area contributed by atoms with Gasteiger partial charge in [0.05, 0.1) is 35.9 Å². The first kappa shape index (κ1) is 20.9. The number of anilines is 1. The first-order chi connectivity index (χ1) is 15.1. The number of fused-ring (bicyclic) bond motifs is 3. The van der Waals surface area contributed by atoms with Crippen LogP contribution in [0.5, 0.6) is 5.75 Å². The van der Waals surface area contributed by atoms with Crippen LogP contribution in [0, 0.1) is 0 Å². The Bertz CT molecular complexity index is 1100. The fourth-order valence-electron chi connectivity index (χ4n) is 3.81. The van der Waals surface area contributed by atoms with E-state index in [1.165, 1.54) is 0 Å². The minimum Gasteiger partial charge on any atom is -0.494 e. The smallest absolute Gasteiger partial charge is 0.338 e. The van der Waals surface area contributed by atoms with Crippen LogP contribution in [0.2, 0.25) is 0 Å². The van der Waals surface area contributed by atoms with Gasteiger partial charge in [0.25, 0.3) is 0 Å². The number of ether oxygens (including phenoxy) is 3. The molecule has 1 atom stereocenters. The highest BCUT2D eigenvalue weighted by molar-refractivity contribution is 5.94. The predicted molar refractivity (Wildman–Crippen MR) is 119 cm³/mol. The molecule has 0 fully saturated rings. The van der Waals surface area contributed by atoms with Gasteiger partial charge in [-0.2, -0.15) is 0 Å². The van der Waals surface area contributed by atoms with Crippen molar-refractivity contribution in [2.24, 2.45) is 0 Å². The van der Waals surface area contributed by atoms with E-state index in [0.717, 1.165) is 34.5 Å². The van der Waals surface area contributed by atoms with E-state index in [-0.39, 0.29) is 18.6 Å². The lowest BCUT2D eigenvalue weighted by Crippen LogP contribution is -2.29. The number of imidazole rings is 1. The number of nitrogens with one attached hydrogen (secondary N) is 1. The molecule has 0 saturated carbocycles. The van der Waals surface area contributed by atoms with Crippen molar-refractivity contribution in [3.8, 4) is 5.75 Å².